The van der Waals surface area contributed by atoms with Crippen molar-refractivity contribution in [2.75, 3.05) is 7.11 Å². The fourth-order valence-electron chi connectivity index (χ4n) is 2.59. The highest BCUT2D eigenvalue weighted by Gasteiger charge is 2.28. The van der Waals surface area contributed by atoms with Gasteiger partial charge in [-0.2, -0.15) is 0 Å². The van der Waals surface area contributed by atoms with Crippen molar-refractivity contribution in [3.63, 3.8) is 0 Å². The Hall–Kier alpha value is -0.380. The Bertz CT molecular complexity index is 369. The van der Waals surface area contributed by atoms with Crippen LogP contribution < -0.4 is 5.32 Å². The largest absolute Gasteiger partial charge is 0.380 e. The molecule has 1 saturated carbocycles. The maximum absolute atomic E-state index is 5.51. The summed E-state index contributed by atoms with van der Waals surface area (Å²) in [5.41, 5.74) is 1.32. The molecule has 94 valence electrons. The molecule has 1 aromatic rings. The van der Waals surface area contributed by atoms with Crippen molar-refractivity contribution >= 4 is 15.9 Å². The highest BCUT2D eigenvalue weighted by molar-refractivity contribution is 9.10. The van der Waals surface area contributed by atoms with Gasteiger partial charge >= 0.3 is 0 Å². The Morgan fingerprint density at radius 2 is 2.24 bits per heavy atom. The van der Waals surface area contributed by atoms with Crippen LogP contribution in [0, 0.1) is 0 Å². The molecule has 1 aliphatic carbocycles. The summed E-state index contributed by atoms with van der Waals surface area (Å²) in [7, 11) is 1.81. The second-order valence-corrected chi connectivity index (χ2v) is 5.67. The van der Waals surface area contributed by atoms with Gasteiger partial charge in [0.2, 0.25) is 0 Å². The highest BCUT2D eigenvalue weighted by atomic mass is 79.9. The molecule has 1 fully saturated rings. The molecule has 2 rings (SSSR count). The molecule has 2 nitrogen and oxygen atoms in total. The first-order valence-corrected chi connectivity index (χ1v) is 7.04. The molecule has 0 aliphatic heterocycles. The molecule has 1 aliphatic rings. The number of hydrogen-bond acceptors (Lipinski definition) is 2. The second-order valence-electron chi connectivity index (χ2n) is 4.75. The minimum atomic E-state index is 0.369. The van der Waals surface area contributed by atoms with Crippen LogP contribution in [0.4, 0.5) is 0 Å². The Kier molecular flexibility index (Phi) is 4.60. The minimum absolute atomic E-state index is 0.369. The SMILES string of the molecule is COC1CCCC1NC(C)c1cccc(Br)c1. The molecule has 0 amide bonds. The van der Waals surface area contributed by atoms with E-state index in [0.29, 0.717) is 18.2 Å². The zero-order chi connectivity index (χ0) is 12.3. The number of benzene rings is 1. The van der Waals surface area contributed by atoms with Crippen molar-refractivity contribution in [2.45, 2.75) is 44.4 Å². The highest BCUT2D eigenvalue weighted by Crippen LogP contribution is 2.25. The van der Waals surface area contributed by atoms with Crippen molar-refractivity contribution < 1.29 is 4.74 Å². The first kappa shape index (κ1) is 13.1. The van der Waals surface area contributed by atoms with Gasteiger partial charge < -0.3 is 10.1 Å². The van der Waals surface area contributed by atoms with Crippen molar-refractivity contribution in [3.05, 3.63) is 34.3 Å². The summed E-state index contributed by atoms with van der Waals surface area (Å²) in [6.07, 6.45) is 4.04. The van der Waals surface area contributed by atoms with Crippen LogP contribution in [-0.4, -0.2) is 19.3 Å². The summed E-state index contributed by atoms with van der Waals surface area (Å²) in [6.45, 7) is 2.22. The van der Waals surface area contributed by atoms with Gasteiger partial charge in [-0.05, 0) is 43.9 Å². The van der Waals surface area contributed by atoms with E-state index in [-0.39, 0.29) is 0 Å². The molecule has 0 saturated heterocycles. The molecule has 0 aromatic heterocycles. The number of hydrogen-bond donors (Lipinski definition) is 1. The molecular weight excluding hydrogens is 278 g/mol. The first-order valence-electron chi connectivity index (χ1n) is 6.25. The van der Waals surface area contributed by atoms with Crippen LogP contribution in [0.2, 0.25) is 0 Å². The van der Waals surface area contributed by atoms with Gasteiger partial charge in [0.15, 0.2) is 0 Å². The van der Waals surface area contributed by atoms with Gasteiger partial charge in [0.1, 0.15) is 0 Å². The minimum Gasteiger partial charge on any atom is -0.380 e. The van der Waals surface area contributed by atoms with Crippen LogP contribution in [0.3, 0.4) is 0 Å². The second kappa shape index (κ2) is 5.98. The van der Waals surface area contributed by atoms with Crippen LogP contribution in [0.15, 0.2) is 28.7 Å². The third-order valence-corrected chi connectivity index (χ3v) is 4.06. The van der Waals surface area contributed by atoms with Crippen molar-refractivity contribution in [3.8, 4) is 0 Å². The van der Waals surface area contributed by atoms with Crippen molar-refractivity contribution in [2.24, 2.45) is 0 Å². The van der Waals surface area contributed by atoms with Gasteiger partial charge in [0.25, 0.3) is 0 Å². The van der Waals surface area contributed by atoms with E-state index in [0.717, 1.165) is 4.47 Å². The van der Waals surface area contributed by atoms with E-state index in [2.05, 4.69) is 52.4 Å². The molecule has 3 heteroatoms. The molecule has 0 radical (unpaired) electrons. The fourth-order valence-corrected chi connectivity index (χ4v) is 3.01. The maximum Gasteiger partial charge on any atom is 0.0724 e. The van der Waals surface area contributed by atoms with Gasteiger partial charge in [-0.15, -0.1) is 0 Å². The lowest BCUT2D eigenvalue weighted by atomic mass is 10.1. The summed E-state index contributed by atoms with van der Waals surface area (Å²) in [5.74, 6) is 0. The monoisotopic (exact) mass is 297 g/mol. The zero-order valence-electron chi connectivity index (χ0n) is 10.4. The topological polar surface area (TPSA) is 21.3 Å². The Labute approximate surface area is 112 Å². The van der Waals surface area contributed by atoms with Crippen LogP contribution in [0.1, 0.15) is 37.8 Å². The Morgan fingerprint density at radius 1 is 1.41 bits per heavy atom. The van der Waals surface area contributed by atoms with Gasteiger partial charge in [-0.25, -0.2) is 0 Å². The number of methoxy groups -OCH3 is 1. The molecule has 3 unspecified atom stereocenters. The predicted octanol–water partition coefficient (Wildman–Crippen LogP) is 3.67. The molecule has 1 aromatic carbocycles. The van der Waals surface area contributed by atoms with E-state index < -0.39 is 0 Å². The number of rotatable bonds is 4. The van der Waals surface area contributed by atoms with Crippen LogP contribution >= 0.6 is 15.9 Å². The summed E-state index contributed by atoms with van der Waals surface area (Å²) in [5, 5.41) is 3.68. The van der Waals surface area contributed by atoms with Gasteiger partial charge in [0, 0.05) is 23.7 Å². The molecule has 0 spiro atoms. The molecule has 0 heterocycles. The molecular formula is C14H20BrNO. The maximum atomic E-state index is 5.51. The predicted molar refractivity (Wildman–Crippen MR) is 74.1 cm³/mol. The number of halogens is 1. The number of ether oxygens (including phenoxy) is 1. The lowest BCUT2D eigenvalue weighted by Crippen LogP contribution is -2.38. The summed E-state index contributed by atoms with van der Waals surface area (Å²) >= 11 is 3.52. The third-order valence-electron chi connectivity index (χ3n) is 3.57. The van der Waals surface area contributed by atoms with E-state index in [1.807, 2.05) is 7.11 Å². The van der Waals surface area contributed by atoms with Gasteiger partial charge in [-0.3, -0.25) is 0 Å². The van der Waals surface area contributed by atoms with Crippen molar-refractivity contribution in [1.29, 1.82) is 0 Å². The standard InChI is InChI=1S/C14H20BrNO/c1-10(11-5-3-6-12(15)9-11)16-13-7-4-8-14(13)17-2/h3,5-6,9-10,13-14,16H,4,7-8H2,1-2H3. The average Bonchev–Trinajstić information content (AvgIpc) is 2.76. The summed E-state index contributed by atoms with van der Waals surface area (Å²) in [6, 6.07) is 9.35. The lowest BCUT2D eigenvalue weighted by Gasteiger charge is -2.24. The molecule has 17 heavy (non-hydrogen) atoms. The molecule has 3 atom stereocenters. The Morgan fingerprint density at radius 3 is 2.94 bits per heavy atom. The van der Waals surface area contributed by atoms with Crippen LogP contribution in [0.25, 0.3) is 0 Å². The smallest absolute Gasteiger partial charge is 0.0724 e. The summed E-state index contributed by atoms with van der Waals surface area (Å²) in [4.78, 5) is 0. The van der Waals surface area contributed by atoms with E-state index in [1.54, 1.807) is 0 Å². The van der Waals surface area contributed by atoms with Crippen LogP contribution in [-0.2, 0) is 4.74 Å². The molecule has 0 bridgehead atoms. The van der Waals surface area contributed by atoms with E-state index in [9.17, 15) is 0 Å². The fraction of sp³-hybridized carbons (Fsp3) is 0.571. The molecule has 1 N–H and O–H groups in total. The van der Waals surface area contributed by atoms with Crippen LogP contribution in [0.5, 0.6) is 0 Å². The Balaban J connectivity index is 1.99. The zero-order valence-corrected chi connectivity index (χ0v) is 12.0. The van der Waals surface area contributed by atoms with Crippen molar-refractivity contribution in [1.82, 2.24) is 5.32 Å². The van der Waals surface area contributed by atoms with Gasteiger partial charge in [-0.1, -0.05) is 28.1 Å². The average molecular weight is 298 g/mol. The normalized spacial score (nSPS) is 26.1. The quantitative estimate of drug-likeness (QED) is 0.916. The van der Waals surface area contributed by atoms with E-state index in [4.69, 9.17) is 4.74 Å². The third kappa shape index (κ3) is 3.30. The van der Waals surface area contributed by atoms with E-state index in [1.165, 1.54) is 24.8 Å². The lowest BCUT2D eigenvalue weighted by molar-refractivity contribution is 0.0820. The number of nitrogens with one attached hydrogen (secondary N) is 1. The van der Waals surface area contributed by atoms with Gasteiger partial charge in [0.05, 0.1) is 6.10 Å². The van der Waals surface area contributed by atoms with E-state index >= 15 is 0 Å². The summed E-state index contributed by atoms with van der Waals surface area (Å²) < 4.78 is 6.65. The first-order chi connectivity index (χ1) is 8.20.